The number of amides is 3. The van der Waals surface area contributed by atoms with Crippen LogP contribution in [0.1, 0.15) is 39.2 Å². The average molecular weight is 414 g/mol. The molecule has 3 amide bonds. The minimum atomic E-state index is -0.389. The number of aryl methyl sites for hydroxylation is 4. The molecule has 31 heavy (non-hydrogen) atoms. The third-order valence-electron chi connectivity index (χ3n) is 5.66. The zero-order valence-corrected chi connectivity index (χ0v) is 18.6. The Hall–Kier alpha value is -3.60. The lowest BCUT2D eigenvalue weighted by Gasteiger charge is -2.12. The van der Waals surface area contributed by atoms with Crippen LogP contribution < -0.4 is 5.32 Å². The van der Waals surface area contributed by atoms with Gasteiger partial charge in [-0.05, 0) is 81.1 Å². The highest BCUT2D eigenvalue weighted by Gasteiger charge is 2.33. The highest BCUT2D eigenvalue weighted by Crippen LogP contribution is 2.25. The first-order valence-corrected chi connectivity index (χ1v) is 10.4. The van der Waals surface area contributed by atoms with Gasteiger partial charge in [-0.25, -0.2) is 4.79 Å². The molecule has 1 aliphatic rings. The topological polar surface area (TPSA) is 54.3 Å². The fraction of sp³-hybridized carbons (Fsp3) is 0.231. The molecule has 158 valence electrons. The van der Waals surface area contributed by atoms with Crippen LogP contribution in [0.2, 0.25) is 0 Å². The molecule has 3 aromatic rings. The molecule has 1 saturated heterocycles. The van der Waals surface area contributed by atoms with Crippen LogP contribution in [0.4, 0.5) is 4.79 Å². The molecule has 1 fully saturated rings. The molecule has 0 spiro atoms. The maximum absolute atomic E-state index is 12.9. The van der Waals surface area contributed by atoms with E-state index >= 15 is 0 Å². The Bertz CT molecular complexity index is 1200. The molecule has 0 radical (unpaired) electrons. The van der Waals surface area contributed by atoms with Crippen molar-refractivity contribution in [2.75, 3.05) is 0 Å². The van der Waals surface area contributed by atoms with Crippen molar-refractivity contribution >= 4 is 18.0 Å². The van der Waals surface area contributed by atoms with Crippen LogP contribution in [0.25, 0.3) is 11.8 Å². The minimum Gasteiger partial charge on any atom is -0.318 e. The van der Waals surface area contributed by atoms with Crippen molar-refractivity contribution in [2.24, 2.45) is 0 Å². The van der Waals surface area contributed by atoms with Gasteiger partial charge in [-0.3, -0.25) is 9.69 Å². The lowest BCUT2D eigenvalue weighted by molar-refractivity contribution is -0.123. The van der Waals surface area contributed by atoms with Gasteiger partial charge in [0.1, 0.15) is 5.70 Å². The van der Waals surface area contributed by atoms with Crippen molar-refractivity contribution in [3.8, 4) is 5.69 Å². The molecule has 4 rings (SSSR count). The van der Waals surface area contributed by atoms with Crippen molar-refractivity contribution in [3.05, 3.63) is 93.4 Å². The second kappa shape index (κ2) is 7.91. The van der Waals surface area contributed by atoms with E-state index in [0.717, 1.165) is 33.8 Å². The number of rotatable bonds is 4. The normalized spacial score (nSPS) is 15.1. The summed E-state index contributed by atoms with van der Waals surface area (Å²) in [6.45, 7) is 10.5. The molecule has 5 nitrogen and oxygen atoms in total. The van der Waals surface area contributed by atoms with Gasteiger partial charge in [-0.2, -0.15) is 0 Å². The fourth-order valence-corrected chi connectivity index (χ4v) is 4.16. The van der Waals surface area contributed by atoms with Gasteiger partial charge >= 0.3 is 6.03 Å². The van der Waals surface area contributed by atoms with Crippen LogP contribution >= 0.6 is 0 Å². The van der Waals surface area contributed by atoms with Gasteiger partial charge in [-0.1, -0.05) is 35.9 Å². The second-order valence-electron chi connectivity index (χ2n) is 8.37. The number of hydrogen-bond donors (Lipinski definition) is 1. The SMILES string of the molecule is Cc1ccc(CN2C(=O)N/C(=C/c3cc(C)n(-c4cc(C)cc(C)c4)c3C)C2=O)cc1. The standard InChI is InChI=1S/C26H27N3O2/c1-16-6-8-21(9-7-16)15-28-25(30)24(27-26(28)31)14-22-13-19(4)29(20(22)5)23-11-17(2)10-18(3)12-23/h6-14H,15H2,1-5H3,(H,27,31)/b24-14+. The highest BCUT2D eigenvalue weighted by molar-refractivity contribution is 6.14. The Morgan fingerprint density at radius 3 is 2.13 bits per heavy atom. The summed E-state index contributed by atoms with van der Waals surface area (Å²) in [5.74, 6) is -0.304. The fourth-order valence-electron chi connectivity index (χ4n) is 4.16. The van der Waals surface area contributed by atoms with Crippen molar-refractivity contribution in [2.45, 2.75) is 41.2 Å². The Morgan fingerprint density at radius 2 is 1.48 bits per heavy atom. The van der Waals surface area contributed by atoms with Gasteiger partial charge < -0.3 is 9.88 Å². The smallest absolute Gasteiger partial charge is 0.318 e. The third kappa shape index (κ3) is 4.04. The van der Waals surface area contributed by atoms with Crippen molar-refractivity contribution in [1.29, 1.82) is 0 Å². The summed E-state index contributed by atoms with van der Waals surface area (Å²) >= 11 is 0. The summed E-state index contributed by atoms with van der Waals surface area (Å²) in [5, 5.41) is 2.74. The zero-order chi connectivity index (χ0) is 22.3. The van der Waals surface area contributed by atoms with Crippen molar-refractivity contribution in [1.82, 2.24) is 14.8 Å². The Kier molecular flexibility index (Phi) is 5.27. The number of imide groups is 1. The van der Waals surface area contributed by atoms with Crippen LogP contribution in [0.15, 0.2) is 54.2 Å². The van der Waals surface area contributed by atoms with Crippen molar-refractivity contribution in [3.63, 3.8) is 0 Å². The van der Waals surface area contributed by atoms with Crippen LogP contribution in [-0.2, 0) is 11.3 Å². The number of nitrogens with one attached hydrogen (secondary N) is 1. The van der Waals surface area contributed by atoms with Gasteiger partial charge in [0, 0.05) is 17.1 Å². The second-order valence-corrected chi connectivity index (χ2v) is 8.37. The molecule has 1 aromatic heterocycles. The third-order valence-corrected chi connectivity index (χ3v) is 5.66. The first-order valence-electron chi connectivity index (χ1n) is 10.4. The van der Waals surface area contributed by atoms with Gasteiger partial charge in [0.15, 0.2) is 0 Å². The maximum Gasteiger partial charge on any atom is 0.329 e. The maximum atomic E-state index is 12.9. The number of carbonyl (C=O) groups excluding carboxylic acids is 2. The zero-order valence-electron chi connectivity index (χ0n) is 18.6. The molecular weight excluding hydrogens is 386 g/mol. The largest absolute Gasteiger partial charge is 0.329 e. The number of carbonyl (C=O) groups is 2. The Morgan fingerprint density at radius 1 is 0.839 bits per heavy atom. The first-order chi connectivity index (χ1) is 14.7. The van der Waals surface area contributed by atoms with Crippen LogP contribution in [0.5, 0.6) is 0 Å². The summed E-state index contributed by atoms with van der Waals surface area (Å²) in [7, 11) is 0. The number of benzene rings is 2. The van der Waals surface area contributed by atoms with Crippen LogP contribution in [0.3, 0.4) is 0 Å². The first kappa shape index (κ1) is 20.7. The van der Waals surface area contributed by atoms with E-state index in [0.29, 0.717) is 5.70 Å². The van der Waals surface area contributed by atoms with E-state index in [2.05, 4.69) is 41.9 Å². The van der Waals surface area contributed by atoms with E-state index in [1.54, 1.807) is 6.08 Å². The molecule has 1 aliphatic heterocycles. The van der Waals surface area contributed by atoms with Gasteiger partial charge in [-0.15, -0.1) is 0 Å². The monoisotopic (exact) mass is 413 g/mol. The molecule has 5 heteroatoms. The molecule has 0 saturated carbocycles. The Labute approximate surface area is 183 Å². The number of nitrogens with zero attached hydrogens (tertiary/aromatic N) is 2. The summed E-state index contributed by atoms with van der Waals surface area (Å²) in [6, 6.07) is 15.9. The lowest BCUT2D eigenvalue weighted by Crippen LogP contribution is -2.30. The van der Waals surface area contributed by atoms with Gasteiger partial charge in [0.25, 0.3) is 5.91 Å². The lowest BCUT2D eigenvalue weighted by atomic mass is 10.1. The molecule has 0 aliphatic carbocycles. The quantitative estimate of drug-likeness (QED) is 0.477. The Balaban J connectivity index is 1.64. The van der Waals surface area contributed by atoms with E-state index in [1.165, 1.54) is 16.0 Å². The average Bonchev–Trinajstić information content (AvgIpc) is 3.12. The summed E-state index contributed by atoms with van der Waals surface area (Å²) in [6.07, 6.45) is 1.77. The summed E-state index contributed by atoms with van der Waals surface area (Å²) in [4.78, 5) is 26.6. The van der Waals surface area contributed by atoms with E-state index in [4.69, 9.17) is 0 Å². The number of urea groups is 1. The predicted molar refractivity (Wildman–Crippen MR) is 123 cm³/mol. The van der Waals surface area contributed by atoms with Crippen LogP contribution in [0, 0.1) is 34.6 Å². The molecule has 0 unspecified atom stereocenters. The number of aromatic nitrogens is 1. The number of hydrogen-bond acceptors (Lipinski definition) is 2. The highest BCUT2D eigenvalue weighted by atomic mass is 16.2. The molecule has 2 aromatic carbocycles. The van der Waals surface area contributed by atoms with E-state index in [-0.39, 0.29) is 18.5 Å². The summed E-state index contributed by atoms with van der Waals surface area (Å²) in [5.41, 5.74) is 8.87. The molecular formula is C26H27N3O2. The molecule has 0 atom stereocenters. The van der Waals surface area contributed by atoms with E-state index in [1.807, 2.05) is 51.1 Å². The van der Waals surface area contributed by atoms with Crippen LogP contribution in [-0.4, -0.2) is 21.4 Å². The molecule has 0 bridgehead atoms. The molecule has 1 N–H and O–H groups in total. The van der Waals surface area contributed by atoms with E-state index in [9.17, 15) is 9.59 Å². The predicted octanol–water partition coefficient (Wildman–Crippen LogP) is 5.11. The van der Waals surface area contributed by atoms with Gasteiger partial charge in [0.2, 0.25) is 0 Å². The van der Waals surface area contributed by atoms with E-state index < -0.39 is 0 Å². The van der Waals surface area contributed by atoms with Crippen molar-refractivity contribution < 1.29 is 9.59 Å². The summed E-state index contributed by atoms with van der Waals surface area (Å²) < 4.78 is 2.18. The van der Waals surface area contributed by atoms with Gasteiger partial charge in [0.05, 0.1) is 6.54 Å². The minimum absolute atomic E-state index is 0.254. The molecule has 2 heterocycles.